The Morgan fingerprint density at radius 2 is 1.81 bits per heavy atom. The number of sulfonamides is 2. The average Bonchev–Trinajstić information content (AvgIpc) is 3.49. The van der Waals surface area contributed by atoms with E-state index in [9.17, 15) is 26.7 Å². The minimum atomic E-state index is -4.05. The van der Waals surface area contributed by atoms with Crippen molar-refractivity contribution in [1.29, 1.82) is 0 Å². The SMILES string of the molecule is Cc1ccc(S(=O)(=O)N(C)C[C@H]2OCCCC[C@H](C)Oc3ccc(NS(=O)(=O)c4cn(C)cn4)cc3C(=O)N([C@H](C)CO)C[C@@H]2C)cc1. The number of amides is 1. The van der Waals surface area contributed by atoms with E-state index >= 15 is 0 Å². The molecule has 0 unspecified atom stereocenters. The van der Waals surface area contributed by atoms with E-state index < -0.39 is 38.1 Å². The molecular weight excluding hydrogens is 659 g/mol. The lowest BCUT2D eigenvalue weighted by molar-refractivity contribution is -0.00833. The number of nitrogens with zero attached hydrogens (tertiary/aromatic N) is 4. The van der Waals surface area contributed by atoms with Gasteiger partial charge in [-0.05, 0) is 70.4 Å². The summed E-state index contributed by atoms with van der Waals surface area (Å²) in [5.74, 6) is -0.568. The van der Waals surface area contributed by atoms with Crippen LogP contribution in [-0.2, 0) is 31.8 Å². The summed E-state index contributed by atoms with van der Waals surface area (Å²) in [7, 11) is -4.70. The number of aliphatic hydroxyl groups is 1. The van der Waals surface area contributed by atoms with Gasteiger partial charge in [-0.1, -0.05) is 24.6 Å². The first kappa shape index (κ1) is 37.3. The van der Waals surface area contributed by atoms with Crippen LogP contribution in [0.3, 0.4) is 0 Å². The van der Waals surface area contributed by atoms with E-state index in [2.05, 4.69) is 9.71 Å². The van der Waals surface area contributed by atoms with Crippen LogP contribution in [0.5, 0.6) is 5.75 Å². The summed E-state index contributed by atoms with van der Waals surface area (Å²) in [6.07, 6.45) is 4.01. The maximum Gasteiger partial charge on any atom is 0.280 e. The highest BCUT2D eigenvalue weighted by Gasteiger charge is 2.32. The second kappa shape index (κ2) is 15.8. The highest BCUT2D eigenvalue weighted by molar-refractivity contribution is 7.92. The number of aromatic nitrogens is 2. The summed E-state index contributed by atoms with van der Waals surface area (Å²) >= 11 is 0. The van der Waals surface area contributed by atoms with Crippen molar-refractivity contribution in [2.45, 2.75) is 75.1 Å². The topological polar surface area (TPSA) is 160 Å². The van der Waals surface area contributed by atoms with Gasteiger partial charge in [0.1, 0.15) is 5.75 Å². The second-order valence-corrected chi connectivity index (χ2v) is 16.3. The van der Waals surface area contributed by atoms with Crippen molar-refractivity contribution in [3.8, 4) is 5.75 Å². The molecule has 0 aliphatic carbocycles. The predicted octanol–water partition coefficient (Wildman–Crippen LogP) is 3.65. The quantitative estimate of drug-likeness (QED) is 0.339. The first-order valence-electron chi connectivity index (χ1n) is 16.0. The Balaban J connectivity index is 1.67. The maximum atomic E-state index is 14.3. The minimum absolute atomic E-state index is 0.0441. The summed E-state index contributed by atoms with van der Waals surface area (Å²) in [6, 6.07) is 10.5. The zero-order valence-electron chi connectivity index (χ0n) is 28.4. The van der Waals surface area contributed by atoms with E-state index in [1.54, 1.807) is 44.3 Å². The molecule has 1 aliphatic heterocycles. The number of hydrogen-bond donors (Lipinski definition) is 2. The fourth-order valence-corrected chi connectivity index (χ4v) is 7.64. The van der Waals surface area contributed by atoms with Crippen LogP contribution < -0.4 is 9.46 Å². The van der Waals surface area contributed by atoms with Crippen molar-refractivity contribution >= 4 is 31.6 Å². The maximum absolute atomic E-state index is 14.3. The number of ether oxygens (including phenoxy) is 2. The Bertz CT molecular complexity index is 1760. The number of benzene rings is 2. The molecule has 1 aliphatic rings. The summed E-state index contributed by atoms with van der Waals surface area (Å²) in [5.41, 5.74) is 1.20. The number of likely N-dealkylation sites (N-methyl/N-ethyl adjacent to an activating group) is 1. The largest absolute Gasteiger partial charge is 0.490 e. The van der Waals surface area contributed by atoms with Gasteiger partial charge in [-0.2, -0.15) is 12.7 Å². The second-order valence-electron chi connectivity index (χ2n) is 12.6. The summed E-state index contributed by atoms with van der Waals surface area (Å²) in [4.78, 5) is 19.9. The molecule has 0 radical (unpaired) electrons. The molecule has 3 aromatic rings. The van der Waals surface area contributed by atoms with Gasteiger partial charge in [0, 0.05) is 51.6 Å². The lowest BCUT2D eigenvalue weighted by Gasteiger charge is -2.35. The van der Waals surface area contributed by atoms with Crippen LogP contribution in [-0.4, -0.2) is 98.2 Å². The van der Waals surface area contributed by atoms with Gasteiger partial charge in [-0.3, -0.25) is 9.52 Å². The van der Waals surface area contributed by atoms with Crippen LogP contribution in [0, 0.1) is 12.8 Å². The third-order valence-corrected chi connectivity index (χ3v) is 11.5. The van der Waals surface area contributed by atoms with Crippen molar-refractivity contribution in [2.24, 2.45) is 13.0 Å². The molecule has 0 spiro atoms. The average molecular weight is 706 g/mol. The monoisotopic (exact) mass is 705 g/mol. The molecule has 13 nitrogen and oxygen atoms in total. The lowest BCUT2D eigenvalue weighted by atomic mass is 10.0. The number of nitrogens with one attached hydrogen (secondary N) is 1. The molecule has 264 valence electrons. The highest BCUT2D eigenvalue weighted by Crippen LogP contribution is 2.29. The number of anilines is 1. The van der Waals surface area contributed by atoms with Gasteiger partial charge < -0.3 is 24.0 Å². The molecule has 0 saturated heterocycles. The van der Waals surface area contributed by atoms with Crippen LogP contribution in [0.15, 0.2) is 64.9 Å². The van der Waals surface area contributed by atoms with E-state index in [0.29, 0.717) is 19.4 Å². The fraction of sp³-hybridized carbons (Fsp3) is 0.515. The van der Waals surface area contributed by atoms with Gasteiger partial charge >= 0.3 is 0 Å². The molecule has 2 aromatic carbocycles. The summed E-state index contributed by atoms with van der Waals surface area (Å²) in [5, 5.41) is 10.0. The molecule has 0 fully saturated rings. The Morgan fingerprint density at radius 1 is 1.10 bits per heavy atom. The van der Waals surface area contributed by atoms with Crippen molar-refractivity contribution < 1.29 is 36.2 Å². The van der Waals surface area contributed by atoms with E-state index in [1.165, 1.54) is 45.5 Å². The molecular formula is C33H47N5O8S2. The van der Waals surface area contributed by atoms with Crippen LogP contribution in [0.4, 0.5) is 5.69 Å². The summed E-state index contributed by atoms with van der Waals surface area (Å²) in [6.45, 7) is 7.56. The molecule has 15 heteroatoms. The van der Waals surface area contributed by atoms with E-state index in [-0.39, 0.29) is 58.6 Å². The van der Waals surface area contributed by atoms with Gasteiger partial charge in [-0.15, -0.1) is 0 Å². The fourth-order valence-electron chi connectivity index (χ4n) is 5.43. The van der Waals surface area contributed by atoms with E-state index in [4.69, 9.17) is 9.47 Å². The minimum Gasteiger partial charge on any atom is -0.490 e. The van der Waals surface area contributed by atoms with Crippen LogP contribution in [0.1, 0.15) is 56.0 Å². The highest BCUT2D eigenvalue weighted by atomic mass is 32.2. The van der Waals surface area contributed by atoms with Crippen LogP contribution >= 0.6 is 0 Å². The number of aliphatic hydroxyl groups excluding tert-OH is 1. The number of aryl methyl sites for hydroxylation is 2. The molecule has 2 N–H and O–H groups in total. The third kappa shape index (κ3) is 9.14. The van der Waals surface area contributed by atoms with Crippen LogP contribution in [0.2, 0.25) is 0 Å². The number of carbonyl (C=O) groups excluding carboxylic acids is 1. The molecule has 4 rings (SSSR count). The van der Waals surface area contributed by atoms with Gasteiger partial charge in [-0.25, -0.2) is 13.4 Å². The normalized spacial score (nSPS) is 20.9. The molecule has 4 atom stereocenters. The molecule has 2 heterocycles. The van der Waals surface area contributed by atoms with Crippen molar-refractivity contribution in [3.63, 3.8) is 0 Å². The van der Waals surface area contributed by atoms with E-state index in [1.807, 2.05) is 20.8 Å². The Hall–Kier alpha value is -3.50. The standard InChI is InChI=1S/C33H47N5O8S2/c1-23-10-13-28(14-11-23)48(43,44)37(6)19-31-24(2)18-38(25(3)21-39)33(40)29-17-27(35-47(41,42)32-20-36(5)22-34-32)12-15-30(29)46-26(4)9-7-8-16-45-31/h10-15,17,20,22,24-26,31,35,39H,7-9,16,18-19,21H2,1-6H3/t24-,25+,26-,31+/m0/s1. The van der Waals surface area contributed by atoms with Crippen molar-refractivity contribution in [1.82, 2.24) is 18.8 Å². The number of imidazole rings is 1. The van der Waals surface area contributed by atoms with Gasteiger partial charge in [0.15, 0.2) is 5.03 Å². The molecule has 1 aromatic heterocycles. The number of hydrogen-bond acceptors (Lipinski definition) is 9. The molecule has 0 bridgehead atoms. The third-order valence-electron chi connectivity index (χ3n) is 8.43. The Morgan fingerprint density at radius 3 is 2.46 bits per heavy atom. The molecule has 0 saturated carbocycles. The first-order valence-corrected chi connectivity index (χ1v) is 18.9. The van der Waals surface area contributed by atoms with Gasteiger partial charge in [0.25, 0.3) is 15.9 Å². The lowest BCUT2D eigenvalue weighted by Crippen LogP contribution is -2.48. The molecule has 48 heavy (non-hydrogen) atoms. The number of rotatable bonds is 9. The van der Waals surface area contributed by atoms with E-state index in [0.717, 1.165) is 12.0 Å². The smallest absolute Gasteiger partial charge is 0.280 e. The van der Waals surface area contributed by atoms with Gasteiger partial charge in [0.2, 0.25) is 10.0 Å². The first-order chi connectivity index (χ1) is 22.6. The Kier molecular flexibility index (Phi) is 12.3. The summed E-state index contributed by atoms with van der Waals surface area (Å²) < 4.78 is 70.8. The van der Waals surface area contributed by atoms with Crippen molar-refractivity contribution in [2.75, 3.05) is 38.1 Å². The molecule has 1 amide bonds. The van der Waals surface area contributed by atoms with Gasteiger partial charge in [0.05, 0.1) is 41.6 Å². The van der Waals surface area contributed by atoms with Crippen molar-refractivity contribution in [3.05, 3.63) is 66.1 Å². The number of carbonyl (C=O) groups is 1. The zero-order valence-corrected chi connectivity index (χ0v) is 30.0. The van der Waals surface area contributed by atoms with Crippen LogP contribution in [0.25, 0.3) is 0 Å². The predicted molar refractivity (Wildman–Crippen MR) is 182 cm³/mol. The Labute approximate surface area is 284 Å². The number of fused-ring (bicyclic) bond motifs is 1. The zero-order chi connectivity index (χ0) is 35.2.